The Kier molecular flexibility index (Phi) is 3.91. The van der Waals surface area contributed by atoms with E-state index in [2.05, 4.69) is 26.9 Å². The summed E-state index contributed by atoms with van der Waals surface area (Å²) in [4.78, 5) is 25.0. The average molecular weight is 352 g/mol. The van der Waals surface area contributed by atoms with E-state index in [4.69, 9.17) is 9.47 Å². The van der Waals surface area contributed by atoms with Gasteiger partial charge < -0.3 is 24.4 Å². The second-order valence-electron chi connectivity index (χ2n) is 6.25. The molecule has 4 rings (SSSR count). The number of para-hydroxylation sites is 1. The van der Waals surface area contributed by atoms with Crippen LogP contribution in [-0.4, -0.2) is 33.1 Å². The molecule has 7 nitrogen and oxygen atoms in total. The van der Waals surface area contributed by atoms with E-state index in [0.717, 1.165) is 34.1 Å². The second kappa shape index (κ2) is 6.25. The van der Waals surface area contributed by atoms with Crippen molar-refractivity contribution in [2.75, 3.05) is 7.11 Å². The molecule has 2 aromatic carbocycles. The van der Waals surface area contributed by atoms with Gasteiger partial charge >= 0.3 is 5.69 Å². The summed E-state index contributed by atoms with van der Waals surface area (Å²) < 4.78 is 11.6. The summed E-state index contributed by atoms with van der Waals surface area (Å²) in [5.41, 5.74) is 3.66. The van der Waals surface area contributed by atoms with Gasteiger partial charge in [-0.1, -0.05) is 13.0 Å². The summed E-state index contributed by atoms with van der Waals surface area (Å²) in [6.45, 7) is 4.09. The molecule has 0 aliphatic carbocycles. The number of benzene rings is 2. The molecule has 0 spiro atoms. The Labute approximate surface area is 149 Å². The van der Waals surface area contributed by atoms with Gasteiger partial charge in [0, 0.05) is 0 Å². The van der Waals surface area contributed by atoms with Crippen LogP contribution >= 0.6 is 0 Å². The lowest BCUT2D eigenvalue weighted by Crippen LogP contribution is -2.11. The maximum absolute atomic E-state index is 11.5. The first-order valence-corrected chi connectivity index (χ1v) is 8.54. The van der Waals surface area contributed by atoms with Gasteiger partial charge in [-0.15, -0.1) is 0 Å². The van der Waals surface area contributed by atoms with Crippen molar-refractivity contribution in [2.24, 2.45) is 0 Å². The van der Waals surface area contributed by atoms with Crippen LogP contribution in [0.3, 0.4) is 0 Å². The Morgan fingerprint density at radius 3 is 2.62 bits per heavy atom. The van der Waals surface area contributed by atoms with Crippen molar-refractivity contribution >= 4 is 22.1 Å². The molecule has 0 saturated heterocycles. The number of aromatic nitrogens is 4. The van der Waals surface area contributed by atoms with Gasteiger partial charge in [-0.3, -0.25) is 0 Å². The van der Waals surface area contributed by atoms with E-state index in [1.165, 1.54) is 0 Å². The van der Waals surface area contributed by atoms with Gasteiger partial charge in [0.15, 0.2) is 11.5 Å². The topological polar surface area (TPSA) is 95.8 Å². The van der Waals surface area contributed by atoms with Crippen molar-refractivity contribution < 1.29 is 9.47 Å². The molecule has 2 aromatic heterocycles. The van der Waals surface area contributed by atoms with E-state index in [1.807, 2.05) is 37.3 Å². The SMILES string of the molecule is CCC(C)Oc1c(OC)cccc1-c1nc2cc3[nH]c(=O)[nH]c3cc2[nH]1. The van der Waals surface area contributed by atoms with Gasteiger partial charge in [-0.2, -0.15) is 0 Å². The van der Waals surface area contributed by atoms with Crippen molar-refractivity contribution in [3.05, 3.63) is 40.8 Å². The molecule has 0 saturated carbocycles. The number of methoxy groups -OCH3 is 1. The summed E-state index contributed by atoms with van der Waals surface area (Å²) in [7, 11) is 1.63. The fourth-order valence-electron chi connectivity index (χ4n) is 2.94. The fraction of sp³-hybridized carbons (Fsp3) is 0.263. The second-order valence-corrected chi connectivity index (χ2v) is 6.25. The summed E-state index contributed by atoms with van der Waals surface area (Å²) in [5.74, 6) is 2.02. The van der Waals surface area contributed by atoms with Gasteiger partial charge in [0.05, 0.1) is 40.8 Å². The van der Waals surface area contributed by atoms with E-state index < -0.39 is 0 Å². The number of imidazole rings is 2. The first kappa shape index (κ1) is 16.3. The lowest BCUT2D eigenvalue weighted by molar-refractivity contribution is 0.208. The highest BCUT2D eigenvalue weighted by atomic mass is 16.5. The number of ether oxygens (including phenoxy) is 2. The molecule has 134 valence electrons. The molecule has 7 heteroatoms. The summed E-state index contributed by atoms with van der Waals surface area (Å²) in [6, 6.07) is 9.45. The Morgan fingerprint density at radius 1 is 1.12 bits per heavy atom. The number of hydrogen-bond donors (Lipinski definition) is 3. The molecule has 0 aliphatic rings. The number of H-pyrrole nitrogens is 3. The maximum Gasteiger partial charge on any atom is 0.323 e. The molecular formula is C19H20N4O3. The molecule has 0 radical (unpaired) electrons. The van der Waals surface area contributed by atoms with Gasteiger partial charge in [-0.05, 0) is 37.6 Å². The zero-order valence-corrected chi connectivity index (χ0v) is 14.8. The summed E-state index contributed by atoms with van der Waals surface area (Å²) in [5, 5.41) is 0. The highest BCUT2D eigenvalue weighted by Gasteiger charge is 2.18. The summed E-state index contributed by atoms with van der Waals surface area (Å²) in [6.07, 6.45) is 0.938. The first-order chi connectivity index (χ1) is 12.6. The van der Waals surface area contributed by atoms with Crippen LogP contribution in [0.15, 0.2) is 35.1 Å². The molecule has 0 bridgehead atoms. The van der Waals surface area contributed by atoms with Crippen LogP contribution in [0.4, 0.5) is 0 Å². The number of hydrogen-bond acceptors (Lipinski definition) is 4. The van der Waals surface area contributed by atoms with Crippen LogP contribution in [0, 0.1) is 0 Å². The number of nitrogens with zero attached hydrogens (tertiary/aromatic N) is 1. The largest absolute Gasteiger partial charge is 0.493 e. The highest BCUT2D eigenvalue weighted by Crippen LogP contribution is 2.38. The lowest BCUT2D eigenvalue weighted by Gasteiger charge is -2.18. The van der Waals surface area contributed by atoms with E-state index in [1.54, 1.807) is 7.11 Å². The molecule has 3 N–H and O–H groups in total. The highest BCUT2D eigenvalue weighted by molar-refractivity contribution is 5.92. The first-order valence-electron chi connectivity index (χ1n) is 8.54. The van der Waals surface area contributed by atoms with E-state index in [-0.39, 0.29) is 11.8 Å². The van der Waals surface area contributed by atoms with Crippen molar-refractivity contribution in [2.45, 2.75) is 26.4 Å². The van der Waals surface area contributed by atoms with Crippen molar-refractivity contribution in [3.8, 4) is 22.9 Å². The predicted octanol–water partition coefficient (Wildman–Crippen LogP) is 3.59. The fourth-order valence-corrected chi connectivity index (χ4v) is 2.94. The van der Waals surface area contributed by atoms with Crippen LogP contribution in [0.1, 0.15) is 20.3 Å². The van der Waals surface area contributed by atoms with Gasteiger partial charge in [0.2, 0.25) is 0 Å². The Bertz CT molecular complexity index is 1080. The molecule has 0 aliphatic heterocycles. The van der Waals surface area contributed by atoms with Crippen LogP contribution in [0.5, 0.6) is 11.5 Å². The standard InChI is InChI=1S/C19H20N4O3/c1-4-10(2)26-17-11(6-5-7-16(17)25-3)18-20-12-8-14-15(9-13(12)21-18)23-19(24)22-14/h5-10H,4H2,1-3H3,(H,20,21)(H2,22,23,24). The normalized spacial score (nSPS) is 12.6. The maximum atomic E-state index is 11.5. The van der Waals surface area contributed by atoms with Gasteiger partial charge in [0.1, 0.15) is 5.82 Å². The number of aromatic amines is 3. The van der Waals surface area contributed by atoms with E-state index >= 15 is 0 Å². The van der Waals surface area contributed by atoms with Crippen LogP contribution in [-0.2, 0) is 0 Å². The minimum Gasteiger partial charge on any atom is -0.493 e. The molecule has 1 atom stereocenters. The molecule has 0 fully saturated rings. The smallest absolute Gasteiger partial charge is 0.323 e. The quantitative estimate of drug-likeness (QED) is 0.511. The minimum absolute atomic E-state index is 0.0534. The molecule has 2 heterocycles. The van der Waals surface area contributed by atoms with Crippen LogP contribution in [0.25, 0.3) is 33.5 Å². The number of rotatable bonds is 5. The van der Waals surface area contributed by atoms with E-state index in [0.29, 0.717) is 17.3 Å². The van der Waals surface area contributed by atoms with Crippen molar-refractivity contribution in [1.29, 1.82) is 0 Å². The molecule has 4 aromatic rings. The number of nitrogens with one attached hydrogen (secondary N) is 3. The predicted molar refractivity (Wildman–Crippen MR) is 101 cm³/mol. The minimum atomic E-state index is -0.232. The monoisotopic (exact) mass is 352 g/mol. The van der Waals surface area contributed by atoms with Gasteiger partial charge in [-0.25, -0.2) is 9.78 Å². The zero-order valence-electron chi connectivity index (χ0n) is 14.8. The van der Waals surface area contributed by atoms with E-state index in [9.17, 15) is 4.79 Å². The van der Waals surface area contributed by atoms with Crippen LogP contribution in [0.2, 0.25) is 0 Å². The molecule has 0 amide bonds. The molecule has 26 heavy (non-hydrogen) atoms. The third-order valence-electron chi connectivity index (χ3n) is 4.47. The van der Waals surface area contributed by atoms with Crippen LogP contribution < -0.4 is 15.2 Å². The zero-order chi connectivity index (χ0) is 18.3. The van der Waals surface area contributed by atoms with Crippen molar-refractivity contribution in [1.82, 2.24) is 19.9 Å². The molecule has 1 unspecified atom stereocenters. The number of fused-ring (bicyclic) bond motifs is 2. The van der Waals surface area contributed by atoms with Gasteiger partial charge in [0.25, 0.3) is 0 Å². The summed E-state index contributed by atoms with van der Waals surface area (Å²) >= 11 is 0. The lowest BCUT2D eigenvalue weighted by atomic mass is 10.1. The average Bonchev–Trinajstić information content (AvgIpc) is 3.20. The Morgan fingerprint density at radius 2 is 1.88 bits per heavy atom. The molecular weight excluding hydrogens is 332 g/mol. The Hall–Kier alpha value is -3.22. The Balaban J connectivity index is 1.87. The third kappa shape index (κ3) is 2.71. The third-order valence-corrected chi connectivity index (χ3v) is 4.47. The van der Waals surface area contributed by atoms with Crippen molar-refractivity contribution in [3.63, 3.8) is 0 Å².